The maximum Gasteiger partial charge on any atom is 0.306 e. The Bertz CT molecular complexity index is 377. The van der Waals surface area contributed by atoms with E-state index in [9.17, 15) is 14.4 Å². The molecule has 0 spiro atoms. The molecule has 3 unspecified atom stereocenters. The van der Waals surface area contributed by atoms with Crippen LogP contribution in [0.1, 0.15) is 47.5 Å². The first-order valence-electron chi connectivity index (χ1n) is 8.22. The fourth-order valence-electron chi connectivity index (χ4n) is 2.16. The van der Waals surface area contributed by atoms with Crippen LogP contribution in [-0.2, 0) is 19.1 Å². The molecule has 8 heteroatoms. The van der Waals surface area contributed by atoms with Gasteiger partial charge < -0.3 is 24.9 Å². The van der Waals surface area contributed by atoms with Gasteiger partial charge >= 0.3 is 5.97 Å². The van der Waals surface area contributed by atoms with Gasteiger partial charge in [-0.25, -0.2) is 0 Å². The van der Waals surface area contributed by atoms with Gasteiger partial charge in [-0.1, -0.05) is 41.0 Å². The third-order valence-electron chi connectivity index (χ3n) is 3.44. The summed E-state index contributed by atoms with van der Waals surface area (Å²) in [5.41, 5.74) is 0. The minimum Gasteiger partial charge on any atom is -0.522 e. The Kier molecular flexibility index (Phi) is 16.3. The van der Waals surface area contributed by atoms with E-state index in [2.05, 4.69) is 26.1 Å². The second kappa shape index (κ2) is 14.9. The van der Waals surface area contributed by atoms with Crippen LogP contribution in [0.2, 0.25) is 0 Å². The maximum absolute atomic E-state index is 12.0. The van der Waals surface area contributed by atoms with Gasteiger partial charge in [0.2, 0.25) is 5.91 Å². The van der Waals surface area contributed by atoms with Crippen molar-refractivity contribution in [2.45, 2.75) is 59.6 Å². The fraction of sp³-hybridized carbons (Fsp3) is 0.824. The number of rotatable bonds is 10. The summed E-state index contributed by atoms with van der Waals surface area (Å²) in [6.07, 6.45) is 1.43. The summed E-state index contributed by atoms with van der Waals surface area (Å²) in [6.45, 7) is 10.2. The number of hydrogen-bond acceptors (Lipinski definition) is 4. The van der Waals surface area contributed by atoms with Crippen LogP contribution in [0.4, 0.5) is 0 Å². The summed E-state index contributed by atoms with van der Waals surface area (Å²) in [5.74, 6) is -0.398. The Labute approximate surface area is 145 Å². The van der Waals surface area contributed by atoms with Crippen LogP contribution in [0.15, 0.2) is 0 Å². The van der Waals surface area contributed by atoms with Crippen LogP contribution in [-0.4, -0.2) is 61.1 Å². The Morgan fingerprint density at radius 1 is 1.24 bits per heavy atom. The standard InChI is InChI=1S/C13H23N2O5.C4H10.Fm/c1-5-9(2)13(10(20-4)6-12(18)19)15(3)11(17)7-14-8-16;1-4(2)3;/h9-10,13H,5-7H2,1-4H3,(H,14,16)(H,18,19);4H,1-3H3;/q-1;;. The minimum atomic E-state index is -0.981. The third-order valence-corrected chi connectivity index (χ3v) is 3.44. The molecule has 7 nitrogen and oxygen atoms in total. The van der Waals surface area contributed by atoms with Gasteiger partial charge in [0.1, 0.15) is 0 Å². The van der Waals surface area contributed by atoms with Crippen molar-refractivity contribution >= 4 is 18.3 Å². The molecule has 0 bridgehead atoms. The van der Waals surface area contributed by atoms with Crippen molar-refractivity contribution in [1.29, 1.82) is 0 Å². The predicted octanol–water partition coefficient (Wildman–Crippen LogP) is 1.67. The molecular weight excluding hydrogens is 569 g/mol. The largest absolute Gasteiger partial charge is 0.522 e. The average Bonchev–Trinajstić information content (AvgIpc) is 2.50. The van der Waals surface area contributed by atoms with Gasteiger partial charge in [-0.2, -0.15) is 6.41 Å². The minimum absolute atomic E-state index is 0. The summed E-state index contributed by atoms with van der Waals surface area (Å²) in [7, 11) is 3.01. The van der Waals surface area contributed by atoms with Gasteiger partial charge in [-0.05, 0) is 11.8 Å². The summed E-state index contributed by atoms with van der Waals surface area (Å²) in [5, 5.41) is 11.1. The molecule has 0 saturated heterocycles. The van der Waals surface area contributed by atoms with Crippen molar-refractivity contribution in [2.24, 2.45) is 11.8 Å². The van der Waals surface area contributed by atoms with Crippen molar-refractivity contribution in [3.63, 3.8) is 0 Å². The summed E-state index contributed by atoms with van der Waals surface area (Å²) < 4.78 is 5.25. The van der Waals surface area contributed by atoms with Crippen LogP contribution >= 0.6 is 0 Å². The van der Waals surface area contributed by atoms with E-state index in [-0.39, 0.29) is 30.8 Å². The van der Waals surface area contributed by atoms with Crippen LogP contribution in [0.25, 0.3) is 0 Å². The molecule has 0 aliphatic carbocycles. The van der Waals surface area contributed by atoms with Gasteiger partial charge in [0, 0.05) is 14.2 Å². The van der Waals surface area contributed by atoms with Crippen molar-refractivity contribution in [2.75, 3.05) is 20.7 Å². The summed E-state index contributed by atoms with van der Waals surface area (Å²) in [6, 6.07) is -0.373. The molecule has 154 valence electrons. The second-order valence-corrected chi connectivity index (χ2v) is 6.44. The molecule has 0 rings (SSSR count). The summed E-state index contributed by atoms with van der Waals surface area (Å²) >= 11 is 0. The Balaban J connectivity index is -0.000000867. The molecule has 0 saturated carbocycles. The number of aliphatic carboxylic acids is 1. The number of ether oxygens (including phenoxy) is 1. The Morgan fingerprint density at radius 2 is 1.72 bits per heavy atom. The van der Waals surface area contributed by atoms with Crippen molar-refractivity contribution in [3.05, 3.63) is 0 Å². The third kappa shape index (κ3) is 12.5. The normalized spacial score (nSPS) is 13.4. The number of methoxy groups -OCH3 is 1. The fourth-order valence-corrected chi connectivity index (χ4v) is 2.16. The van der Waals surface area contributed by atoms with E-state index in [0.717, 1.165) is 12.3 Å². The first-order valence-corrected chi connectivity index (χ1v) is 8.22. The van der Waals surface area contributed by atoms with E-state index in [0.29, 0.717) is 0 Å². The number of nitrogens with one attached hydrogen (secondary N) is 1. The van der Waals surface area contributed by atoms with E-state index in [1.54, 1.807) is 7.05 Å². The molecule has 0 aromatic heterocycles. The second-order valence-electron chi connectivity index (χ2n) is 6.44. The van der Waals surface area contributed by atoms with Gasteiger partial charge in [0.05, 0.1) is 25.1 Å². The maximum atomic E-state index is 12.0. The molecule has 0 aromatic rings. The van der Waals surface area contributed by atoms with Gasteiger partial charge in [0.15, 0.2) is 0 Å². The molecule has 0 radical (unpaired) electrons. The number of likely N-dealkylation sites (N-methyl/N-ethyl adjacent to an activating group) is 1. The van der Waals surface area contributed by atoms with Crippen LogP contribution in [0, 0.1) is 11.8 Å². The number of carboxylic acid groups (broad SMARTS) is 1. The van der Waals surface area contributed by atoms with E-state index < -0.39 is 12.1 Å². The van der Waals surface area contributed by atoms with Crippen LogP contribution in [0.3, 0.4) is 0 Å². The monoisotopic (exact) mass is 602 g/mol. The number of amides is 2. The molecule has 0 aliphatic heterocycles. The van der Waals surface area contributed by atoms with Crippen LogP contribution < -0.4 is 5.32 Å². The van der Waals surface area contributed by atoms with Crippen LogP contribution in [0.5, 0.6) is 0 Å². The van der Waals surface area contributed by atoms with Crippen molar-refractivity contribution in [1.82, 2.24) is 10.2 Å². The zero-order valence-corrected chi connectivity index (χ0v) is 18.7. The molecule has 3 atom stereocenters. The number of carbonyl (C=O) groups is 2. The zero-order chi connectivity index (χ0) is 19.3. The number of carboxylic acids is 1. The smallest absolute Gasteiger partial charge is 0.306 e. The topological polar surface area (TPSA) is 95.9 Å². The van der Waals surface area contributed by atoms with Gasteiger partial charge in [-0.15, -0.1) is 0 Å². The number of carbonyl (C=O) groups excluding carboxylic acids is 2. The van der Waals surface area contributed by atoms with Crippen molar-refractivity contribution in [3.8, 4) is 0 Å². The number of nitrogens with zero attached hydrogens (tertiary/aromatic N) is 1. The zero-order valence-electron chi connectivity index (χ0n) is 16.2. The molecule has 2 amide bonds. The van der Waals surface area contributed by atoms with Gasteiger partial charge in [-0.3, -0.25) is 9.59 Å². The molecule has 0 fully saturated rings. The van der Waals surface area contributed by atoms with E-state index in [1.807, 2.05) is 13.8 Å². The first kappa shape index (κ1) is 27.2. The Morgan fingerprint density at radius 3 is 2.04 bits per heavy atom. The first-order chi connectivity index (χ1) is 11.1. The number of hydrogen-bond donors (Lipinski definition) is 2. The Hall–Kier alpha value is -2.63. The van der Waals surface area contributed by atoms with E-state index >= 15 is 0 Å². The van der Waals surface area contributed by atoms with E-state index in [1.165, 1.54) is 18.4 Å². The molecule has 0 heterocycles. The van der Waals surface area contributed by atoms with E-state index in [4.69, 9.17) is 9.84 Å². The SMILES string of the molecule is CC(C)C.CCC(C)C(C(CC(=O)O)OC)N(C)C(=O)CN[C-]=O.[Fm]. The molecule has 2 N–H and O–H groups in total. The van der Waals surface area contributed by atoms with Crippen molar-refractivity contribution < 1.29 is 24.2 Å². The summed E-state index contributed by atoms with van der Waals surface area (Å²) in [4.78, 5) is 34.4. The molecular formula is C17H33FmN2O5-. The molecule has 0 aromatic carbocycles. The average molecular weight is 602 g/mol. The van der Waals surface area contributed by atoms with Gasteiger partial charge in [0.25, 0.3) is 0 Å². The predicted molar refractivity (Wildman–Crippen MR) is 93.3 cm³/mol. The quantitative estimate of drug-likeness (QED) is 0.293. The molecule has 25 heavy (non-hydrogen) atoms. The molecule has 0 aliphatic rings.